The smallest absolute Gasteiger partial charge is 0.270 e. The number of thioether (sulfide) groups is 1. The molecule has 2 amide bonds. The van der Waals surface area contributed by atoms with Gasteiger partial charge in [0.05, 0.1) is 10.7 Å². The molecule has 5 rings (SSSR count). The van der Waals surface area contributed by atoms with Gasteiger partial charge in [0, 0.05) is 5.56 Å². The number of carbonyl (C=O) groups is 2. The first-order valence-electron chi connectivity index (χ1n) is 11.6. The van der Waals surface area contributed by atoms with Crippen LogP contribution in [0.3, 0.4) is 0 Å². The Labute approximate surface area is 218 Å². The third-order valence-corrected chi connectivity index (χ3v) is 8.92. The van der Waals surface area contributed by atoms with E-state index in [1.807, 2.05) is 24.3 Å². The topological polar surface area (TPSA) is 118 Å². The minimum Gasteiger partial charge on any atom is -0.431 e. The van der Waals surface area contributed by atoms with E-state index in [1.54, 1.807) is 60.7 Å². The molecule has 1 fully saturated rings. The second kappa shape index (κ2) is 10.6. The van der Waals surface area contributed by atoms with Crippen molar-refractivity contribution in [3.05, 3.63) is 102 Å². The van der Waals surface area contributed by atoms with E-state index < -0.39 is 27.0 Å². The normalized spacial score (nSPS) is 17.2. The summed E-state index contributed by atoms with van der Waals surface area (Å²) in [4.78, 5) is 31.7. The molecule has 1 atom stereocenters. The van der Waals surface area contributed by atoms with E-state index in [2.05, 4.69) is 15.6 Å². The molecule has 0 spiro atoms. The zero-order chi connectivity index (χ0) is 25.8. The van der Waals surface area contributed by atoms with Crippen LogP contribution >= 0.6 is 11.8 Å². The van der Waals surface area contributed by atoms with Gasteiger partial charge in [0.2, 0.25) is 0 Å². The molecule has 4 aromatic rings. The number of amides is 2. The average molecular weight is 534 g/mol. The lowest BCUT2D eigenvalue weighted by Gasteiger charge is -2.18. The Bertz CT molecular complexity index is 1550. The first-order valence-corrected chi connectivity index (χ1v) is 14.2. The van der Waals surface area contributed by atoms with E-state index in [1.165, 1.54) is 0 Å². The average Bonchev–Trinajstić information content (AvgIpc) is 3.48. The van der Waals surface area contributed by atoms with E-state index >= 15 is 0 Å². The number of rotatable bonds is 7. The fourth-order valence-electron chi connectivity index (χ4n) is 3.99. The number of hydrogen-bond donors (Lipinski definition) is 2. The number of benzene rings is 3. The van der Waals surface area contributed by atoms with Gasteiger partial charge in [-0.3, -0.25) is 9.59 Å². The molecule has 1 aliphatic heterocycles. The maximum absolute atomic E-state index is 13.6. The lowest BCUT2D eigenvalue weighted by molar-refractivity contribution is -0.118. The lowest BCUT2D eigenvalue weighted by Crippen LogP contribution is -2.42. The van der Waals surface area contributed by atoms with Gasteiger partial charge < -0.3 is 15.1 Å². The summed E-state index contributed by atoms with van der Waals surface area (Å²) in [6.45, 7) is 0. The molecule has 188 valence electrons. The quantitative estimate of drug-likeness (QED) is 0.268. The van der Waals surface area contributed by atoms with Crippen LogP contribution in [0, 0.1) is 0 Å². The van der Waals surface area contributed by atoms with E-state index in [0.717, 1.165) is 11.8 Å². The fraction of sp³-hybridized carbons (Fsp3) is 0.148. The summed E-state index contributed by atoms with van der Waals surface area (Å²) in [5, 5.41) is 4.61. The van der Waals surface area contributed by atoms with Gasteiger partial charge in [-0.2, -0.15) is 0 Å². The van der Waals surface area contributed by atoms with Crippen LogP contribution < -0.4 is 10.6 Å². The third kappa shape index (κ3) is 5.60. The van der Waals surface area contributed by atoms with Crippen molar-refractivity contribution in [2.75, 3.05) is 5.75 Å². The molecule has 1 aromatic heterocycles. The highest BCUT2D eigenvalue weighted by molar-refractivity contribution is 8.08. The molecule has 0 radical (unpaired) electrons. The maximum atomic E-state index is 13.6. The lowest BCUT2D eigenvalue weighted by atomic mass is 10.1. The van der Waals surface area contributed by atoms with Crippen LogP contribution in [0.15, 0.2) is 100 Å². The maximum Gasteiger partial charge on any atom is 0.270 e. The minimum absolute atomic E-state index is 0.0105. The predicted octanol–water partition coefficient (Wildman–Crippen LogP) is 4.37. The molecule has 2 heterocycles. The SMILES string of the molecule is O=C(NC1CCCS1(=O)=O)/C(NC(=O)c1ccccc1)=C(\Sc1nc2ccccc2o1)c1ccccc1. The van der Waals surface area contributed by atoms with Crippen molar-refractivity contribution in [3.8, 4) is 0 Å². The molecule has 0 aliphatic carbocycles. The summed E-state index contributed by atoms with van der Waals surface area (Å²) in [5.41, 5.74) is 2.11. The Morgan fingerprint density at radius 2 is 1.54 bits per heavy atom. The number of para-hydroxylation sites is 2. The number of nitrogens with one attached hydrogen (secondary N) is 2. The summed E-state index contributed by atoms with van der Waals surface area (Å²) < 4.78 is 30.8. The Hall–Kier alpha value is -3.89. The van der Waals surface area contributed by atoms with Crippen molar-refractivity contribution < 1.29 is 22.4 Å². The molecular weight excluding hydrogens is 510 g/mol. The molecule has 37 heavy (non-hydrogen) atoms. The van der Waals surface area contributed by atoms with Crippen molar-refractivity contribution in [3.63, 3.8) is 0 Å². The first kappa shape index (κ1) is 24.8. The van der Waals surface area contributed by atoms with Crippen LogP contribution in [0.1, 0.15) is 28.8 Å². The van der Waals surface area contributed by atoms with Gasteiger partial charge in [0.25, 0.3) is 17.0 Å². The van der Waals surface area contributed by atoms with E-state index in [-0.39, 0.29) is 16.7 Å². The van der Waals surface area contributed by atoms with Crippen molar-refractivity contribution in [2.24, 2.45) is 0 Å². The number of carbonyl (C=O) groups excluding carboxylic acids is 2. The van der Waals surface area contributed by atoms with E-state index in [4.69, 9.17) is 4.42 Å². The van der Waals surface area contributed by atoms with Crippen molar-refractivity contribution in [1.82, 2.24) is 15.6 Å². The number of nitrogens with zero attached hydrogens (tertiary/aromatic N) is 1. The molecule has 8 nitrogen and oxygen atoms in total. The summed E-state index contributed by atoms with van der Waals surface area (Å²) in [5.74, 6) is -1.20. The highest BCUT2D eigenvalue weighted by Crippen LogP contribution is 2.37. The van der Waals surface area contributed by atoms with Crippen LogP contribution in [0.25, 0.3) is 16.0 Å². The van der Waals surface area contributed by atoms with Crippen LogP contribution in [0.4, 0.5) is 0 Å². The summed E-state index contributed by atoms with van der Waals surface area (Å²) >= 11 is 1.08. The van der Waals surface area contributed by atoms with E-state index in [0.29, 0.717) is 40.0 Å². The van der Waals surface area contributed by atoms with Crippen LogP contribution in [-0.4, -0.2) is 36.3 Å². The van der Waals surface area contributed by atoms with Gasteiger partial charge in [-0.05, 0) is 54.4 Å². The van der Waals surface area contributed by atoms with Crippen molar-refractivity contribution >= 4 is 49.4 Å². The van der Waals surface area contributed by atoms with Crippen molar-refractivity contribution in [2.45, 2.75) is 23.4 Å². The number of hydrogen-bond acceptors (Lipinski definition) is 7. The highest BCUT2D eigenvalue weighted by Gasteiger charge is 2.34. The second-order valence-electron chi connectivity index (χ2n) is 8.41. The second-order valence-corrected chi connectivity index (χ2v) is 11.7. The standard InChI is InChI=1S/C27H23N3O5S2/c31-25(19-12-5-2-6-13-19)30-23(26(32)29-22-16-9-17-37(22,33)34)24(18-10-3-1-4-11-18)36-27-28-20-14-7-8-15-21(20)35-27/h1-8,10-15,22H,9,16-17H2,(H,29,32)(H,30,31)/b24-23+. The summed E-state index contributed by atoms with van der Waals surface area (Å²) in [7, 11) is -3.47. The number of oxazole rings is 1. The zero-order valence-electron chi connectivity index (χ0n) is 19.6. The molecule has 0 saturated carbocycles. The van der Waals surface area contributed by atoms with Crippen LogP contribution in [-0.2, 0) is 14.6 Å². The number of fused-ring (bicyclic) bond motifs is 1. The van der Waals surface area contributed by atoms with Crippen LogP contribution in [0.2, 0.25) is 0 Å². The summed E-state index contributed by atoms with van der Waals surface area (Å²) in [6, 6.07) is 24.8. The molecule has 10 heteroatoms. The van der Waals surface area contributed by atoms with Gasteiger partial charge in [-0.25, -0.2) is 13.4 Å². The Morgan fingerprint density at radius 3 is 2.19 bits per heavy atom. The zero-order valence-corrected chi connectivity index (χ0v) is 21.2. The molecule has 2 N–H and O–H groups in total. The third-order valence-electron chi connectivity index (χ3n) is 5.85. The van der Waals surface area contributed by atoms with Gasteiger partial charge >= 0.3 is 0 Å². The van der Waals surface area contributed by atoms with E-state index in [9.17, 15) is 18.0 Å². The molecular formula is C27H23N3O5S2. The van der Waals surface area contributed by atoms with Gasteiger partial charge in [-0.15, -0.1) is 0 Å². The monoisotopic (exact) mass is 533 g/mol. The molecule has 1 unspecified atom stereocenters. The molecule has 1 saturated heterocycles. The largest absolute Gasteiger partial charge is 0.431 e. The van der Waals surface area contributed by atoms with Gasteiger partial charge in [0.15, 0.2) is 15.4 Å². The van der Waals surface area contributed by atoms with Gasteiger partial charge in [0.1, 0.15) is 16.6 Å². The fourth-order valence-corrected chi connectivity index (χ4v) is 6.61. The van der Waals surface area contributed by atoms with Crippen LogP contribution in [0.5, 0.6) is 0 Å². The summed E-state index contributed by atoms with van der Waals surface area (Å²) in [6.07, 6.45) is 0.777. The Morgan fingerprint density at radius 1 is 0.892 bits per heavy atom. The van der Waals surface area contributed by atoms with Crippen molar-refractivity contribution in [1.29, 1.82) is 0 Å². The molecule has 1 aliphatic rings. The predicted molar refractivity (Wildman–Crippen MR) is 142 cm³/mol. The first-order chi connectivity index (χ1) is 17.9. The number of sulfone groups is 1. The Kier molecular flexibility index (Phi) is 7.11. The highest BCUT2D eigenvalue weighted by atomic mass is 32.2. The van der Waals surface area contributed by atoms with Gasteiger partial charge in [-0.1, -0.05) is 60.7 Å². The minimum atomic E-state index is -3.47. The molecule has 0 bridgehead atoms. The number of aromatic nitrogens is 1. The Balaban J connectivity index is 1.60. The molecule has 3 aromatic carbocycles.